The summed E-state index contributed by atoms with van der Waals surface area (Å²) in [5.74, 6) is -0.353. The van der Waals surface area contributed by atoms with E-state index in [1.54, 1.807) is 0 Å². The van der Waals surface area contributed by atoms with Crippen LogP contribution in [-0.2, 0) is 9.53 Å². The van der Waals surface area contributed by atoms with E-state index in [0.717, 1.165) is 11.4 Å². The van der Waals surface area contributed by atoms with Crippen LogP contribution in [0.3, 0.4) is 0 Å². The Balaban J connectivity index is 1.48. The summed E-state index contributed by atoms with van der Waals surface area (Å²) in [4.78, 5) is 21.6. The summed E-state index contributed by atoms with van der Waals surface area (Å²) in [5, 5.41) is 24.6. The maximum atomic E-state index is 13.1. The van der Waals surface area contributed by atoms with Crippen molar-refractivity contribution in [1.82, 2.24) is 4.90 Å². The van der Waals surface area contributed by atoms with Gasteiger partial charge in [0.15, 0.2) is 5.17 Å². The molecule has 0 aromatic heterocycles. The van der Waals surface area contributed by atoms with Gasteiger partial charge >= 0.3 is 0 Å². The van der Waals surface area contributed by atoms with Gasteiger partial charge in [0.1, 0.15) is 6.10 Å². The molecule has 158 valence electrons. The SMILES string of the molecule is CN(C)c1ccc(NC2=NC3C(O)C(O)CC(C(=O)N4CCOCC4)C3S2)cc1. The van der Waals surface area contributed by atoms with Crippen LogP contribution in [0.2, 0.25) is 0 Å². The fourth-order valence-electron chi connectivity index (χ4n) is 4.08. The number of carbonyl (C=O) groups is 1. The van der Waals surface area contributed by atoms with Gasteiger partial charge in [0.2, 0.25) is 5.91 Å². The third-order valence-corrected chi connectivity index (χ3v) is 7.07. The number of nitrogens with zero attached hydrogens (tertiary/aromatic N) is 3. The molecule has 1 aliphatic carbocycles. The lowest BCUT2D eigenvalue weighted by Gasteiger charge is -2.40. The quantitative estimate of drug-likeness (QED) is 0.659. The summed E-state index contributed by atoms with van der Waals surface area (Å²) in [7, 11) is 3.98. The van der Waals surface area contributed by atoms with Gasteiger partial charge in [0.25, 0.3) is 0 Å². The number of nitrogens with one attached hydrogen (secondary N) is 1. The summed E-state index contributed by atoms with van der Waals surface area (Å²) in [6, 6.07) is 7.48. The molecule has 0 spiro atoms. The fraction of sp³-hybridized carbons (Fsp3) is 0.600. The lowest BCUT2D eigenvalue weighted by atomic mass is 9.80. The number of fused-ring (bicyclic) bond motifs is 1. The molecule has 8 nitrogen and oxygen atoms in total. The molecule has 1 amide bonds. The minimum absolute atomic E-state index is 0.0218. The van der Waals surface area contributed by atoms with Crippen molar-refractivity contribution in [2.45, 2.75) is 29.9 Å². The number of benzene rings is 1. The molecule has 2 aliphatic heterocycles. The molecule has 0 bridgehead atoms. The molecule has 2 heterocycles. The van der Waals surface area contributed by atoms with Crippen molar-refractivity contribution in [3.8, 4) is 0 Å². The molecule has 1 aromatic carbocycles. The zero-order valence-electron chi connectivity index (χ0n) is 16.7. The molecule has 5 atom stereocenters. The van der Waals surface area contributed by atoms with Crippen molar-refractivity contribution in [3.05, 3.63) is 24.3 Å². The van der Waals surface area contributed by atoms with Crippen molar-refractivity contribution in [2.75, 3.05) is 50.6 Å². The van der Waals surface area contributed by atoms with E-state index in [1.165, 1.54) is 11.8 Å². The number of rotatable bonds is 3. The maximum Gasteiger partial charge on any atom is 0.227 e. The number of thioether (sulfide) groups is 1. The highest BCUT2D eigenvalue weighted by molar-refractivity contribution is 8.15. The Morgan fingerprint density at radius 1 is 1.24 bits per heavy atom. The summed E-state index contributed by atoms with van der Waals surface area (Å²) in [6.45, 7) is 2.22. The Labute approximate surface area is 174 Å². The van der Waals surface area contributed by atoms with Crippen molar-refractivity contribution in [1.29, 1.82) is 0 Å². The normalized spacial score (nSPS) is 31.8. The molecule has 5 unspecified atom stereocenters. The zero-order valence-corrected chi connectivity index (χ0v) is 17.5. The number of aliphatic hydroxyl groups is 2. The van der Waals surface area contributed by atoms with Gasteiger partial charge in [-0.05, 0) is 30.7 Å². The summed E-state index contributed by atoms with van der Waals surface area (Å²) >= 11 is 1.48. The van der Waals surface area contributed by atoms with E-state index < -0.39 is 18.2 Å². The first-order valence-corrected chi connectivity index (χ1v) is 10.8. The van der Waals surface area contributed by atoms with Crippen molar-refractivity contribution < 1.29 is 19.7 Å². The molecule has 29 heavy (non-hydrogen) atoms. The number of amidine groups is 1. The lowest BCUT2D eigenvalue weighted by Crippen LogP contribution is -2.55. The monoisotopic (exact) mass is 420 g/mol. The van der Waals surface area contributed by atoms with Gasteiger partial charge in [-0.2, -0.15) is 0 Å². The maximum absolute atomic E-state index is 13.1. The third kappa shape index (κ3) is 4.23. The van der Waals surface area contributed by atoms with E-state index >= 15 is 0 Å². The zero-order chi connectivity index (χ0) is 20.5. The first-order chi connectivity index (χ1) is 13.9. The Hall–Kier alpha value is -1.81. The van der Waals surface area contributed by atoms with E-state index in [-0.39, 0.29) is 23.5 Å². The van der Waals surface area contributed by atoms with Crippen LogP contribution >= 0.6 is 11.8 Å². The van der Waals surface area contributed by atoms with Gasteiger partial charge < -0.3 is 30.1 Å². The van der Waals surface area contributed by atoms with Crippen LogP contribution in [-0.4, -0.2) is 90.1 Å². The van der Waals surface area contributed by atoms with Crippen LogP contribution in [0.1, 0.15) is 6.42 Å². The molecule has 3 N–H and O–H groups in total. The molecule has 1 aromatic rings. The predicted octanol–water partition coefficient (Wildman–Crippen LogP) is 0.605. The molecule has 9 heteroatoms. The number of anilines is 2. The predicted molar refractivity (Wildman–Crippen MR) is 115 cm³/mol. The number of morpholine rings is 1. The molecule has 1 saturated carbocycles. The van der Waals surface area contributed by atoms with Crippen LogP contribution in [0, 0.1) is 5.92 Å². The molecular formula is C20H28N4O4S. The van der Waals surface area contributed by atoms with Crippen molar-refractivity contribution >= 4 is 34.2 Å². The van der Waals surface area contributed by atoms with Gasteiger partial charge in [-0.3, -0.25) is 9.79 Å². The second-order valence-electron chi connectivity index (χ2n) is 7.91. The van der Waals surface area contributed by atoms with Gasteiger partial charge in [0, 0.05) is 43.8 Å². The Bertz CT molecular complexity index is 766. The van der Waals surface area contributed by atoms with Crippen LogP contribution < -0.4 is 10.2 Å². The van der Waals surface area contributed by atoms with Gasteiger partial charge in [0.05, 0.1) is 31.3 Å². The largest absolute Gasteiger partial charge is 0.390 e. The van der Waals surface area contributed by atoms with Crippen LogP contribution in [0.25, 0.3) is 0 Å². The fourth-order valence-corrected chi connectivity index (χ4v) is 5.45. The highest BCUT2D eigenvalue weighted by atomic mass is 32.2. The first-order valence-electron chi connectivity index (χ1n) is 9.95. The third-order valence-electron chi connectivity index (χ3n) is 5.76. The van der Waals surface area contributed by atoms with Gasteiger partial charge in [-0.15, -0.1) is 0 Å². The van der Waals surface area contributed by atoms with Crippen molar-refractivity contribution in [3.63, 3.8) is 0 Å². The van der Waals surface area contributed by atoms with Crippen LogP contribution in [0.4, 0.5) is 11.4 Å². The van der Waals surface area contributed by atoms with Crippen LogP contribution in [0.15, 0.2) is 29.3 Å². The first kappa shape index (κ1) is 20.5. The van der Waals surface area contributed by atoms with E-state index in [2.05, 4.69) is 10.3 Å². The second-order valence-corrected chi connectivity index (χ2v) is 9.08. The number of aliphatic hydroxyl groups excluding tert-OH is 2. The topological polar surface area (TPSA) is 97.6 Å². The van der Waals surface area contributed by atoms with Gasteiger partial charge in [-0.25, -0.2) is 0 Å². The highest BCUT2D eigenvalue weighted by Crippen LogP contribution is 2.42. The lowest BCUT2D eigenvalue weighted by molar-refractivity contribution is -0.144. The second kappa shape index (κ2) is 8.51. The molecule has 2 fully saturated rings. The smallest absolute Gasteiger partial charge is 0.227 e. The Kier molecular flexibility index (Phi) is 6.00. The molecule has 1 saturated heterocycles. The standard InChI is InChI=1S/C20H28N4O4S/c1-23(2)13-5-3-12(4-6-13)21-20-22-16-17(26)15(25)11-14(18(16)29-20)19(27)24-7-9-28-10-8-24/h3-6,14-18,25-26H,7-11H2,1-2H3,(H,21,22). The van der Waals surface area contributed by atoms with E-state index in [1.807, 2.05) is 48.2 Å². The Morgan fingerprint density at radius 2 is 1.93 bits per heavy atom. The number of amides is 1. The molecule has 0 radical (unpaired) electrons. The number of aliphatic imine (C=N–C) groups is 1. The summed E-state index contributed by atoms with van der Waals surface area (Å²) in [6.07, 6.45) is -1.66. The van der Waals surface area contributed by atoms with E-state index in [9.17, 15) is 15.0 Å². The minimum Gasteiger partial charge on any atom is -0.390 e. The minimum atomic E-state index is -0.961. The van der Waals surface area contributed by atoms with Crippen molar-refractivity contribution in [2.24, 2.45) is 10.9 Å². The van der Waals surface area contributed by atoms with Crippen LogP contribution in [0.5, 0.6) is 0 Å². The molecular weight excluding hydrogens is 392 g/mol. The summed E-state index contributed by atoms with van der Waals surface area (Å²) < 4.78 is 5.34. The number of carbonyl (C=O) groups excluding carboxylic acids is 1. The Morgan fingerprint density at radius 3 is 2.59 bits per heavy atom. The van der Waals surface area contributed by atoms with Gasteiger partial charge in [-0.1, -0.05) is 11.8 Å². The van der Waals surface area contributed by atoms with E-state index in [4.69, 9.17) is 4.74 Å². The summed E-state index contributed by atoms with van der Waals surface area (Å²) in [5.41, 5.74) is 1.99. The number of ether oxygens (including phenoxy) is 1. The van der Waals surface area contributed by atoms with E-state index in [0.29, 0.717) is 31.5 Å². The molecule has 3 aliphatic rings. The number of hydrogen-bond donors (Lipinski definition) is 3. The number of hydrogen-bond acceptors (Lipinski definition) is 8. The highest BCUT2D eigenvalue weighted by Gasteiger charge is 2.51. The molecule has 4 rings (SSSR count). The average Bonchev–Trinajstić information content (AvgIpc) is 3.15. The average molecular weight is 421 g/mol.